The maximum absolute atomic E-state index is 13.7. The molecule has 0 aromatic rings. The summed E-state index contributed by atoms with van der Waals surface area (Å²) in [6.45, 7) is -0.490. The maximum atomic E-state index is 13.7. The predicted molar refractivity (Wildman–Crippen MR) is 80.3 cm³/mol. The number of rotatable bonds is 13. The van der Waals surface area contributed by atoms with Gasteiger partial charge in [-0.05, 0) is 0 Å². The van der Waals surface area contributed by atoms with Crippen molar-refractivity contribution in [3.8, 4) is 0 Å². The van der Waals surface area contributed by atoms with E-state index in [9.17, 15) is 127 Å². The van der Waals surface area contributed by atoms with Crippen molar-refractivity contribution in [1.82, 2.24) is 0 Å². The molecule has 0 bridgehead atoms. The van der Waals surface area contributed by atoms with Crippen molar-refractivity contribution in [3.05, 3.63) is 6.42 Å². The molecule has 0 aromatic carbocycles. The predicted octanol–water partition coefficient (Wildman–Crippen LogP) is 10.0. The van der Waals surface area contributed by atoms with Gasteiger partial charge in [-0.1, -0.05) is 6.92 Å². The summed E-state index contributed by atoms with van der Waals surface area (Å²) in [4.78, 5) is 0. The van der Waals surface area contributed by atoms with Crippen molar-refractivity contribution in [2.45, 2.75) is 90.1 Å². The normalized spacial score (nSPS) is 17.2. The molecule has 271 valence electrons. The van der Waals surface area contributed by atoms with Crippen LogP contribution in [-0.4, -0.2) is 83.2 Å². The van der Waals surface area contributed by atoms with Crippen LogP contribution in [0.1, 0.15) is 6.92 Å². The van der Waals surface area contributed by atoms with Gasteiger partial charge in [-0.2, -0.15) is 127 Å². The van der Waals surface area contributed by atoms with Crippen molar-refractivity contribution in [2.75, 3.05) is 0 Å². The molecule has 0 aromatic heterocycles. The fourth-order valence-corrected chi connectivity index (χ4v) is 2.54. The van der Waals surface area contributed by atoms with Crippen LogP contribution in [-0.2, 0) is 0 Å². The third-order valence-corrected chi connectivity index (χ3v) is 5.47. The Morgan fingerprint density at radius 1 is 0.222 bits per heavy atom. The van der Waals surface area contributed by atoms with E-state index in [-0.39, 0.29) is 0 Å². The molecule has 29 heteroatoms. The van der Waals surface area contributed by atoms with Crippen molar-refractivity contribution in [1.29, 1.82) is 0 Å². The molecule has 0 aliphatic heterocycles. The maximum Gasteiger partial charge on any atom is 0.460 e. The Morgan fingerprint density at radius 3 is 0.489 bits per heavy atom. The zero-order valence-corrected chi connectivity index (χ0v) is 19.5. The van der Waals surface area contributed by atoms with Gasteiger partial charge in [0.25, 0.3) is 0 Å². The highest BCUT2D eigenvalue weighted by atomic mass is 19.4. The zero-order chi connectivity index (χ0) is 37.7. The van der Waals surface area contributed by atoms with Crippen LogP contribution in [0.3, 0.4) is 0 Å². The SMILES string of the molecule is C[CH]C(F)(F)C(F)(F)C(F)(F)C(F)(F)C(F)(F)C(F)(F)C(F)(F)C(F)(F)C(F)(F)C(F)(F)C(F)(F)C(F)(F)C(F)(F)C(F)(F)F. The second-order valence-electron chi connectivity index (χ2n) is 8.30. The quantitative estimate of drug-likeness (QED) is 0.165. The van der Waals surface area contributed by atoms with Gasteiger partial charge in [0.2, 0.25) is 0 Å². The molecule has 1 radical (unpaired) electrons. The molecular formula is C16H4F29. The Balaban J connectivity index is 7.53. The summed E-state index contributed by atoms with van der Waals surface area (Å²) in [5, 5.41) is 0. The molecule has 0 heterocycles. The van der Waals surface area contributed by atoms with Gasteiger partial charge in [-0.25, -0.2) is 0 Å². The van der Waals surface area contributed by atoms with Crippen LogP contribution in [0.15, 0.2) is 0 Å². The van der Waals surface area contributed by atoms with Crippen LogP contribution in [0.25, 0.3) is 0 Å². The van der Waals surface area contributed by atoms with E-state index in [0.29, 0.717) is 0 Å². The van der Waals surface area contributed by atoms with E-state index in [0.717, 1.165) is 0 Å². The van der Waals surface area contributed by atoms with Crippen LogP contribution in [0, 0.1) is 6.42 Å². The zero-order valence-electron chi connectivity index (χ0n) is 19.5. The molecule has 0 aliphatic carbocycles. The minimum Gasteiger partial charge on any atom is -0.199 e. The van der Waals surface area contributed by atoms with Gasteiger partial charge in [-0.15, -0.1) is 0 Å². The lowest BCUT2D eigenvalue weighted by Gasteiger charge is -2.46. The van der Waals surface area contributed by atoms with Gasteiger partial charge in [0.1, 0.15) is 0 Å². The van der Waals surface area contributed by atoms with Gasteiger partial charge in [0.15, 0.2) is 0 Å². The van der Waals surface area contributed by atoms with Crippen molar-refractivity contribution < 1.29 is 127 Å². The van der Waals surface area contributed by atoms with Gasteiger partial charge >= 0.3 is 83.2 Å². The van der Waals surface area contributed by atoms with Gasteiger partial charge < -0.3 is 0 Å². The first-order valence-corrected chi connectivity index (χ1v) is 9.60. The highest BCUT2D eigenvalue weighted by Gasteiger charge is 3.00. The van der Waals surface area contributed by atoms with Crippen molar-refractivity contribution in [2.24, 2.45) is 0 Å². The standard InChI is InChI=1S/C16H4F29/c1-2-3(17,18)4(19,20)5(21,22)6(23,24)7(25,26)8(27,28)9(29,30)10(31,32)11(33,34)12(35,36)13(37,38)14(39,40)15(41,42)16(43,44)45/h2H,1H3. The minimum atomic E-state index is -9.90. The fourth-order valence-electron chi connectivity index (χ4n) is 2.54. The largest absolute Gasteiger partial charge is 0.460 e. The van der Waals surface area contributed by atoms with E-state index in [4.69, 9.17) is 0 Å². The average Bonchev–Trinajstić information content (AvgIpc) is 2.81. The van der Waals surface area contributed by atoms with Gasteiger partial charge in [0.05, 0.1) is 0 Å². The summed E-state index contributed by atoms with van der Waals surface area (Å²) in [7, 11) is 0. The molecule has 0 fully saturated rings. The monoisotopic (exact) mass is 747 g/mol. The first kappa shape index (κ1) is 43.0. The van der Waals surface area contributed by atoms with Crippen LogP contribution in [0.2, 0.25) is 0 Å². The highest BCUT2D eigenvalue weighted by molar-refractivity contribution is 5.21. The number of halogens is 29. The fraction of sp³-hybridized carbons (Fsp3) is 0.938. The molecule has 45 heavy (non-hydrogen) atoms. The Kier molecular flexibility index (Phi) is 9.77. The minimum absolute atomic E-state index is 0.490. The van der Waals surface area contributed by atoms with Gasteiger partial charge in [0, 0.05) is 6.42 Å². The Hall–Kier alpha value is -2.03. The average molecular weight is 747 g/mol. The summed E-state index contributed by atoms with van der Waals surface area (Å²) in [5.41, 5.74) is 0. The van der Waals surface area contributed by atoms with Crippen LogP contribution >= 0.6 is 0 Å². The van der Waals surface area contributed by atoms with E-state index in [2.05, 4.69) is 0 Å². The Morgan fingerprint density at radius 2 is 0.356 bits per heavy atom. The molecule has 0 saturated heterocycles. The first-order valence-electron chi connectivity index (χ1n) is 9.60. The Labute approximate surface area is 225 Å². The van der Waals surface area contributed by atoms with Crippen LogP contribution in [0.5, 0.6) is 0 Å². The second-order valence-corrected chi connectivity index (χ2v) is 8.30. The smallest absolute Gasteiger partial charge is 0.199 e. The Bertz CT molecular complexity index is 1070. The summed E-state index contributed by atoms with van der Waals surface area (Å²) in [5.74, 6) is -120. The van der Waals surface area contributed by atoms with Crippen molar-refractivity contribution in [3.63, 3.8) is 0 Å². The third kappa shape index (κ3) is 4.82. The lowest BCUT2D eigenvalue weighted by atomic mass is 9.83. The van der Waals surface area contributed by atoms with E-state index < -0.39 is 96.5 Å². The third-order valence-electron chi connectivity index (χ3n) is 5.47. The molecular weight excluding hydrogens is 743 g/mol. The summed E-state index contributed by atoms with van der Waals surface area (Å²) >= 11 is 0. The topological polar surface area (TPSA) is 0 Å². The molecule has 0 amide bonds. The van der Waals surface area contributed by atoms with Gasteiger partial charge in [-0.3, -0.25) is 0 Å². The molecule has 0 nitrogen and oxygen atoms in total. The second kappa shape index (κ2) is 10.2. The number of hydrogen-bond donors (Lipinski definition) is 0. The van der Waals surface area contributed by atoms with E-state index in [1.807, 2.05) is 0 Å². The van der Waals surface area contributed by atoms with Crippen LogP contribution < -0.4 is 0 Å². The summed E-state index contributed by atoms with van der Waals surface area (Å²) in [6, 6.07) is 0. The molecule has 0 unspecified atom stereocenters. The summed E-state index contributed by atoms with van der Waals surface area (Å²) in [6.07, 6.45) is -9.88. The van der Waals surface area contributed by atoms with E-state index >= 15 is 0 Å². The first-order chi connectivity index (χ1) is 18.8. The van der Waals surface area contributed by atoms with Crippen LogP contribution in [0.4, 0.5) is 127 Å². The number of alkyl halides is 29. The van der Waals surface area contributed by atoms with E-state index in [1.165, 1.54) is 0 Å². The molecule has 0 spiro atoms. The summed E-state index contributed by atoms with van der Waals surface area (Å²) < 4.78 is 384. The molecule has 0 aliphatic rings. The lowest BCUT2D eigenvalue weighted by molar-refractivity contribution is -0.487. The molecule has 0 N–H and O–H groups in total. The van der Waals surface area contributed by atoms with Crippen molar-refractivity contribution >= 4 is 0 Å². The molecule has 0 atom stereocenters. The lowest BCUT2D eigenvalue weighted by Crippen LogP contribution is -2.79. The molecule has 0 rings (SSSR count). The molecule has 0 saturated carbocycles. The highest BCUT2D eigenvalue weighted by Crippen LogP contribution is 2.69. The van der Waals surface area contributed by atoms with E-state index in [1.54, 1.807) is 0 Å². The number of hydrogen-bond acceptors (Lipinski definition) is 0.